The van der Waals surface area contributed by atoms with E-state index in [2.05, 4.69) is 0 Å². The van der Waals surface area contributed by atoms with Gasteiger partial charge in [-0.05, 0) is 41.4 Å². The lowest BCUT2D eigenvalue weighted by atomic mass is 10.1. The minimum atomic E-state index is -0.475. The first-order valence-electron chi connectivity index (χ1n) is 4.42. The molecule has 1 atom stereocenters. The molecule has 1 aromatic heterocycles. The zero-order valence-electron chi connectivity index (χ0n) is 7.88. The normalized spacial score (nSPS) is 12.8. The monoisotopic (exact) mass is 294 g/mol. The van der Waals surface area contributed by atoms with Gasteiger partial charge in [0.25, 0.3) is 0 Å². The molecule has 0 saturated heterocycles. The first kappa shape index (κ1) is 12.1. The van der Waals surface area contributed by atoms with E-state index in [1.165, 1.54) is 0 Å². The predicted molar refractivity (Wildman–Crippen MR) is 67.9 cm³/mol. The summed E-state index contributed by atoms with van der Waals surface area (Å²) in [6.07, 6.45) is 0. The predicted octanol–water partition coefficient (Wildman–Crippen LogP) is 5.57. The van der Waals surface area contributed by atoms with Gasteiger partial charge in [-0.2, -0.15) is 0 Å². The zero-order chi connectivity index (χ0) is 11.7. The Bertz CT molecular complexity index is 506. The Hall–Kier alpha value is -0.340. The van der Waals surface area contributed by atoms with E-state index in [4.69, 9.17) is 50.8 Å². The minimum Gasteiger partial charge on any atom is -0.448 e. The Kier molecular flexibility index (Phi) is 3.70. The second-order valence-corrected chi connectivity index (χ2v) is 4.82. The molecule has 0 aliphatic carbocycles. The van der Waals surface area contributed by atoms with E-state index < -0.39 is 5.38 Å². The lowest BCUT2D eigenvalue weighted by molar-refractivity contribution is 0.518. The van der Waals surface area contributed by atoms with Crippen molar-refractivity contribution in [2.24, 2.45) is 0 Å². The fourth-order valence-electron chi connectivity index (χ4n) is 1.32. The van der Waals surface area contributed by atoms with Gasteiger partial charge in [-0.25, -0.2) is 0 Å². The summed E-state index contributed by atoms with van der Waals surface area (Å²) in [6, 6.07) is 8.47. The Morgan fingerprint density at radius 3 is 2.31 bits per heavy atom. The van der Waals surface area contributed by atoms with Crippen LogP contribution >= 0.6 is 46.4 Å². The van der Waals surface area contributed by atoms with E-state index in [9.17, 15) is 0 Å². The van der Waals surface area contributed by atoms with Crippen molar-refractivity contribution < 1.29 is 4.42 Å². The number of halogens is 4. The Labute approximate surface area is 113 Å². The van der Waals surface area contributed by atoms with Gasteiger partial charge in [0, 0.05) is 10.0 Å². The van der Waals surface area contributed by atoms with Crippen molar-refractivity contribution in [1.29, 1.82) is 0 Å². The Balaban J connectivity index is 2.37. The molecule has 1 heterocycles. The van der Waals surface area contributed by atoms with Crippen molar-refractivity contribution in [1.82, 2.24) is 0 Å². The maximum atomic E-state index is 6.22. The van der Waals surface area contributed by atoms with Crippen molar-refractivity contribution >= 4 is 46.4 Å². The van der Waals surface area contributed by atoms with Gasteiger partial charge in [0.05, 0.1) is 0 Å². The lowest BCUT2D eigenvalue weighted by Crippen LogP contribution is -1.92. The van der Waals surface area contributed by atoms with E-state index in [1.54, 1.807) is 30.3 Å². The van der Waals surface area contributed by atoms with Crippen LogP contribution in [0.3, 0.4) is 0 Å². The average Bonchev–Trinajstić information content (AvgIpc) is 2.64. The number of furan rings is 1. The maximum Gasteiger partial charge on any atom is 0.193 e. The van der Waals surface area contributed by atoms with Crippen LogP contribution in [0.4, 0.5) is 0 Å². The molecule has 0 fully saturated rings. The molecule has 0 aliphatic rings. The molecule has 2 aromatic rings. The Morgan fingerprint density at radius 2 is 1.75 bits per heavy atom. The van der Waals surface area contributed by atoms with Gasteiger partial charge in [0.15, 0.2) is 5.22 Å². The van der Waals surface area contributed by atoms with E-state index in [0.29, 0.717) is 21.0 Å². The first-order chi connectivity index (χ1) is 7.58. The highest BCUT2D eigenvalue weighted by Gasteiger charge is 2.17. The molecule has 0 saturated carbocycles. The fourth-order valence-corrected chi connectivity index (χ4v) is 2.36. The number of hydrogen-bond acceptors (Lipinski definition) is 1. The third kappa shape index (κ3) is 2.49. The van der Waals surface area contributed by atoms with Crippen LogP contribution in [0.2, 0.25) is 15.3 Å². The first-order valence-corrected chi connectivity index (χ1v) is 5.99. The van der Waals surface area contributed by atoms with Crippen LogP contribution in [0.1, 0.15) is 16.7 Å². The summed E-state index contributed by atoms with van der Waals surface area (Å²) in [6.45, 7) is 0. The van der Waals surface area contributed by atoms with Crippen molar-refractivity contribution in [2.75, 3.05) is 0 Å². The molecule has 0 N–H and O–H groups in total. The number of benzene rings is 1. The molecule has 16 heavy (non-hydrogen) atoms. The highest BCUT2D eigenvalue weighted by Crippen LogP contribution is 2.36. The van der Waals surface area contributed by atoms with Gasteiger partial charge < -0.3 is 4.42 Å². The van der Waals surface area contributed by atoms with Crippen molar-refractivity contribution in [2.45, 2.75) is 5.38 Å². The van der Waals surface area contributed by atoms with Crippen LogP contribution in [0.25, 0.3) is 0 Å². The molecule has 1 aromatic carbocycles. The molecule has 0 bridgehead atoms. The molecule has 0 spiro atoms. The lowest BCUT2D eigenvalue weighted by Gasteiger charge is -2.09. The number of alkyl halides is 1. The molecule has 1 nitrogen and oxygen atoms in total. The van der Waals surface area contributed by atoms with Crippen LogP contribution in [-0.4, -0.2) is 0 Å². The largest absolute Gasteiger partial charge is 0.448 e. The average molecular weight is 296 g/mol. The standard InChI is InChI=1S/C11H6Cl4O/c12-6-1-2-7(8(13)5-6)11(15)9-3-4-10(14)16-9/h1-5,11H. The third-order valence-corrected chi connectivity index (χ3v) is 3.30. The summed E-state index contributed by atoms with van der Waals surface area (Å²) in [4.78, 5) is 0. The van der Waals surface area contributed by atoms with E-state index >= 15 is 0 Å². The molecular formula is C11H6Cl4O. The summed E-state index contributed by atoms with van der Waals surface area (Å²) in [7, 11) is 0. The smallest absolute Gasteiger partial charge is 0.193 e. The van der Waals surface area contributed by atoms with Gasteiger partial charge in [-0.15, -0.1) is 11.6 Å². The molecule has 0 aliphatic heterocycles. The second-order valence-electron chi connectivity index (χ2n) is 3.17. The molecule has 2 rings (SSSR count). The van der Waals surface area contributed by atoms with Crippen LogP contribution in [0, 0.1) is 0 Å². The van der Waals surface area contributed by atoms with Gasteiger partial charge in [0.2, 0.25) is 0 Å². The summed E-state index contributed by atoms with van der Waals surface area (Å²) >= 11 is 23.7. The van der Waals surface area contributed by atoms with Crippen LogP contribution < -0.4 is 0 Å². The summed E-state index contributed by atoms with van der Waals surface area (Å²) in [5.41, 5.74) is 0.735. The zero-order valence-corrected chi connectivity index (χ0v) is 10.9. The molecule has 0 radical (unpaired) electrons. The molecular weight excluding hydrogens is 290 g/mol. The molecule has 84 valence electrons. The quantitative estimate of drug-likeness (QED) is 0.660. The van der Waals surface area contributed by atoms with E-state index in [0.717, 1.165) is 5.56 Å². The van der Waals surface area contributed by atoms with Crippen molar-refractivity contribution in [3.8, 4) is 0 Å². The Morgan fingerprint density at radius 1 is 1.00 bits per heavy atom. The van der Waals surface area contributed by atoms with E-state index in [1.807, 2.05) is 0 Å². The van der Waals surface area contributed by atoms with Crippen molar-refractivity contribution in [3.63, 3.8) is 0 Å². The van der Waals surface area contributed by atoms with Gasteiger partial charge in [-0.1, -0.05) is 29.3 Å². The van der Waals surface area contributed by atoms with Gasteiger partial charge >= 0.3 is 0 Å². The van der Waals surface area contributed by atoms with Crippen LogP contribution in [-0.2, 0) is 0 Å². The number of hydrogen-bond donors (Lipinski definition) is 0. The maximum absolute atomic E-state index is 6.22. The van der Waals surface area contributed by atoms with Crippen LogP contribution in [0.15, 0.2) is 34.7 Å². The third-order valence-electron chi connectivity index (χ3n) is 2.08. The molecule has 1 unspecified atom stereocenters. The summed E-state index contributed by atoms with van der Waals surface area (Å²) < 4.78 is 5.23. The summed E-state index contributed by atoms with van der Waals surface area (Å²) in [5.74, 6) is 0.552. The summed E-state index contributed by atoms with van der Waals surface area (Å²) in [5, 5.41) is 0.887. The topological polar surface area (TPSA) is 13.1 Å². The second kappa shape index (κ2) is 4.89. The van der Waals surface area contributed by atoms with E-state index in [-0.39, 0.29) is 0 Å². The molecule has 5 heteroatoms. The van der Waals surface area contributed by atoms with Gasteiger partial charge in [-0.3, -0.25) is 0 Å². The number of rotatable bonds is 2. The minimum absolute atomic E-state index is 0.297. The fraction of sp³-hybridized carbons (Fsp3) is 0.0909. The highest BCUT2D eigenvalue weighted by atomic mass is 35.5. The molecule has 0 amide bonds. The van der Waals surface area contributed by atoms with Gasteiger partial charge in [0.1, 0.15) is 11.1 Å². The SMILES string of the molecule is Clc1ccc(C(Cl)c2ccc(Cl)o2)c(Cl)c1. The van der Waals surface area contributed by atoms with Crippen molar-refractivity contribution in [3.05, 3.63) is 56.9 Å². The van der Waals surface area contributed by atoms with Crippen LogP contribution in [0.5, 0.6) is 0 Å². The highest BCUT2D eigenvalue weighted by molar-refractivity contribution is 6.36.